The molecule has 0 saturated carbocycles. The summed E-state index contributed by atoms with van der Waals surface area (Å²) in [7, 11) is 0. The summed E-state index contributed by atoms with van der Waals surface area (Å²) in [6, 6.07) is 8.76. The molecule has 0 amide bonds. The number of alkyl halides is 1. The molecule has 0 fully saturated rings. The van der Waals surface area contributed by atoms with Crippen molar-refractivity contribution in [1.82, 2.24) is 4.98 Å². The van der Waals surface area contributed by atoms with Crippen LogP contribution in [0.3, 0.4) is 0 Å². The maximum Gasteiger partial charge on any atom is 0.101 e. The Kier molecular flexibility index (Phi) is 2.87. The van der Waals surface area contributed by atoms with Crippen molar-refractivity contribution in [2.45, 2.75) is 32.1 Å². The number of halogens is 1. The maximum atomic E-state index is 6.62. The van der Waals surface area contributed by atoms with E-state index in [9.17, 15) is 0 Å². The normalized spacial score (nSPS) is 17.8. The second-order valence-corrected chi connectivity index (χ2v) is 5.56. The van der Waals surface area contributed by atoms with Gasteiger partial charge in [-0.1, -0.05) is 29.8 Å². The van der Waals surface area contributed by atoms with Gasteiger partial charge < -0.3 is 0 Å². The van der Waals surface area contributed by atoms with Crippen molar-refractivity contribution in [3.05, 3.63) is 64.0 Å². The fourth-order valence-electron chi connectivity index (χ4n) is 2.68. The SMILES string of the molecule is Cc1ccc2c(c1)CCc1cc(C)cnc1C2Cl. The minimum Gasteiger partial charge on any atom is -0.259 e. The molecular formula is C16H16ClN. The number of rotatable bonds is 0. The van der Waals surface area contributed by atoms with E-state index in [0.29, 0.717) is 0 Å². The van der Waals surface area contributed by atoms with Gasteiger partial charge in [0.05, 0.1) is 5.69 Å². The molecule has 1 heterocycles. The molecule has 0 saturated heterocycles. The van der Waals surface area contributed by atoms with Crippen molar-refractivity contribution >= 4 is 11.6 Å². The van der Waals surface area contributed by atoms with E-state index in [4.69, 9.17) is 11.6 Å². The predicted molar refractivity (Wildman–Crippen MR) is 75.3 cm³/mol. The van der Waals surface area contributed by atoms with E-state index in [1.807, 2.05) is 6.20 Å². The van der Waals surface area contributed by atoms with E-state index < -0.39 is 0 Å². The number of pyridine rings is 1. The highest BCUT2D eigenvalue weighted by molar-refractivity contribution is 6.22. The van der Waals surface area contributed by atoms with Gasteiger partial charge in [-0.05, 0) is 48.9 Å². The smallest absolute Gasteiger partial charge is 0.101 e. The Balaban J connectivity index is 2.15. The number of hydrogen-bond donors (Lipinski definition) is 0. The molecule has 1 aliphatic rings. The summed E-state index contributed by atoms with van der Waals surface area (Å²) in [5.74, 6) is 0. The third-order valence-electron chi connectivity index (χ3n) is 3.61. The molecule has 1 aromatic heterocycles. The molecule has 2 aromatic rings. The van der Waals surface area contributed by atoms with Crippen molar-refractivity contribution in [3.63, 3.8) is 0 Å². The fourth-order valence-corrected chi connectivity index (χ4v) is 3.09. The molecular weight excluding hydrogens is 242 g/mol. The highest BCUT2D eigenvalue weighted by Crippen LogP contribution is 2.36. The average Bonchev–Trinajstić information content (AvgIpc) is 2.47. The lowest BCUT2D eigenvalue weighted by atomic mass is 10.00. The second-order valence-electron chi connectivity index (χ2n) is 5.12. The van der Waals surface area contributed by atoms with Gasteiger partial charge in [-0.25, -0.2) is 0 Å². The van der Waals surface area contributed by atoms with Gasteiger partial charge in [0, 0.05) is 6.20 Å². The highest BCUT2D eigenvalue weighted by atomic mass is 35.5. The molecule has 1 unspecified atom stereocenters. The minimum absolute atomic E-state index is 0.112. The summed E-state index contributed by atoms with van der Waals surface area (Å²) in [6.07, 6.45) is 4.00. The average molecular weight is 258 g/mol. The summed E-state index contributed by atoms with van der Waals surface area (Å²) in [6.45, 7) is 4.21. The summed E-state index contributed by atoms with van der Waals surface area (Å²) in [5.41, 5.74) is 7.42. The van der Waals surface area contributed by atoms with Gasteiger partial charge in [0.15, 0.2) is 0 Å². The molecule has 1 aliphatic carbocycles. The number of fused-ring (bicyclic) bond motifs is 2. The van der Waals surface area contributed by atoms with Crippen molar-refractivity contribution in [3.8, 4) is 0 Å². The maximum absolute atomic E-state index is 6.62. The predicted octanol–water partition coefficient (Wildman–Crippen LogP) is 4.13. The van der Waals surface area contributed by atoms with E-state index in [2.05, 4.69) is 43.1 Å². The Bertz CT molecular complexity index is 551. The Labute approximate surface area is 113 Å². The first kappa shape index (κ1) is 11.7. The van der Waals surface area contributed by atoms with Crippen LogP contribution in [-0.4, -0.2) is 4.98 Å². The van der Waals surface area contributed by atoms with Gasteiger partial charge in [-0.2, -0.15) is 0 Å². The minimum atomic E-state index is -0.112. The second kappa shape index (κ2) is 4.40. The van der Waals surface area contributed by atoms with Crippen LogP contribution in [-0.2, 0) is 12.8 Å². The molecule has 1 atom stereocenters. The van der Waals surface area contributed by atoms with Crippen LogP contribution in [0.25, 0.3) is 0 Å². The highest BCUT2D eigenvalue weighted by Gasteiger charge is 2.22. The molecule has 3 rings (SSSR count). The first-order valence-electron chi connectivity index (χ1n) is 6.34. The van der Waals surface area contributed by atoms with E-state index in [0.717, 1.165) is 18.5 Å². The number of nitrogens with zero attached hydrogens (tertiary/aromatic N) is 1. The molecule has 1 nitrogen and oxygen atoms in total. The van der Waals surface area contributed by atoms with E-state index in [-0.39, 0.29) is 5.38 Å². The van der Waals surface area contributed by atoms with Gasteiger partial charge >= 0.3 is 0 Å². The summed E-state index contributed by atoms with van der Waals surface area (Å²) >= 11 is 6.62. The zero-order chi connectivity index (χ0) is 12.7. The van der Waals surface area contributed by atoms with Crippen molar-refractivity contribution < 1.29 is 0 Å². The first-order valence-corrected chi connectivity index (χ1v) is 6.77. The molecule has 0 N–H and O–H groups in total. The van der Waals surface area contributed by atoms with Gasteiger partial charge in [-0.15, -0.1) is 11.6 Å². The van der Waals surface area contributed by atoms with E-state index >= 15 is 0 Å². The number of hydrogen-bond acceptors (Lipinski definition) is 1. The largest absolute Gasteiger partial charge is 0.259 e. The Morgan fingerprint density at radius 3 is 2.61 bits per heavy atom. The Hall–Kier alpha value is -1.34. The number of aromatic nitrogens is 1. The molecule has 0 bridgehead atoms. The lowest BCUT2D eigenvalue weighted by Gasteiger charge is -2.13. The monoisotopic (exact) mass is 257 g/mol. The molecule has 0 spiro atoms. The van der Waals surface area contributed by atoms with Crippen LogP contribution in [0.4, 0.5) is 0 Å². The molecule has 92 valence electrons. The van der Waals surface area contributed by atoms with Gasteiger partial charge in [-0.3, -0.25) is 4.98 Å². The topological polar surface area (TPSA) is 12.9 Å². The fraction of sp³-hybridized carbons (Fsp3) is 0.312. The summed E-state index contributed by atoms with van der Waals surface area (Å²) in [5, 5.41) is -0.112. The first-order chi connectivity index (χ1) is 8.65. The number of aryl methyl sites for hydroxylation is 4. The lowest BCUT2D eigenvalue weighted by molar-refractivity contribution is 0.943. The van der Waals surface area contributed by atoms with Crippen LogP contribution >= 0.6 is 11.6 Å². The molecule has 18 heavy (non-hydrogen) atoms. The van der Waals surface area contributed by atoms with Crippen LogP contribution in [0.15, 0.2) is 30.5 Å². The van der Waals surface area contributed by atoms with E-state index in [1.165, 1.54) is 27.8 Å². The zero-order valence-corrected chi connectivity index (χ0v) is 11.5. The molecule has 1 aromatic carbocycles. The standard InChI is InChI=1S/C16H16ClN/c1-10-3-6-14-12(7-10)4-5-13-8-11(2)9-18-16(13)15(14)17/h3,6-9,15H,4-5H2,1-2H3. The molecule has 2 heteroatoms. The zero-order valence-electron chi connectivity index (χ0n) is 10.7. The van der Waals surface area contributed by atoms with Crippen LogP contribution in [0, 0.1) is 13.8 Å². The van der Waals surface area contributed by atoms with Gasteiger partial charge in [0.2, 0.25) is 0 Å². The summed E-state index contributed by atoms with van der Waals surface area (Å²) < 4.78 is 0. The van der Waals surface area contributed by atoms with Gasteiger partial charge in [0.25, 0.3) is 0 Å². The van der Waals surface area contributed by atoms with Crippen LogP contribution in [0.2, 0.25) is 0 Å². The number of benzene rings is 1. The van der Waals surface area contributed by atoms with Crippen LogP contribution in [0.1, 0.15) is 38.9 Å². The van der Waals surface area contributed by atoms with Gasteiger partial charge in [0.1, 0.15) is 5.38 Å². The third kappa shape index (κ3) is 1.93. The quantitative estimate of drug-likeness (QED) is 0.647. The molecule has 0 aliphatic heterocycles. The van der Waals surface area contributed by atoms with Crippen molar-refractivity contribution in [1.29, 1.82) is 0 Å². The van der Waals surface area contributed by atoms with Crippen LogP contribution < -0.4 is 0 Å². The third-order valence-corrected chi connectivity index (χ3v) is 4.06. The van der Waals surface area contributed by atoms with E-state index in [1.54, 1.807) is 0 Å². The Morgan fingerprint density at radius 2 is 1.78 bits per heavy atom. The lowest BCUT2D eigenvalue weighted by Crippen LogP contribution is -2.00. The van der Waals surface area contributed by atoms with Crippen LogP contribution in [0.5, 0.6) is 0 Å². The Morgan fingerprint density at radius 1 is 1.06 bits per heavy atom. The van der Waals surface area contributed by atoms with Crippen molar-refractivity contribution in [2.75, 3.05) is 0 Å². The molecule has 0 radical (unpaired) electrons. The summed E-state index contributed by atoms with van der Waals surface area (Å²) in [4.78, 5) is 4.55. The van der Waals surface area contributed by atoms with Crippen molar-refractivity contribution in [2.24, 2.45) is 0 Å².